The van der Waals surface area contributed by atoms with Gasteiger partial charge in [-0.05, 0) is 42.3 Å². The van der Waals surface area contributed by atoms with Crippen molar-refractivity contribution in [2.45, 2.75) is 20.1 Å². The number of hydrogen-bond donors (Lipinski definition) is 0. The van der Waals surface area contributed by atoms with E-state index in [0.717, 1.165) is 16.9 Å². The van der Waals surface area contributed by atoms with Crippen LogP contribution < -0.4 is 9.47 Å². The van der Waals surface area contributed by atoms with Crippen molar-refractivity contribution < 1.29 is 18.7 Å². The summed E-state index contributed by atoms with van der Waals surface area (Å²) in [6.45, 7) is 2.10. The Balaban J connectivity index is 1.60. The van der Waals surface area contributed by atoms with E-state index in [-0.39, 0.29) is 18.0 Å². The fourth-order valence-electron chi connectivity index (χ4n) is 2.50. The van der Waals surface area contributed by atoms with Crippen LogP contribution >= 0.6 is 0 Å². The summed E-state index contributed by atoms with van der Waals surface area (Å²) in [7, 11) is 0. The van der Waals surface area contributed by atoms with Crippen molar-refractivity contribution in [3.63, 3.8) is 0 Å². The fraction of sp³-hybridized carbons (Fsp3) is 0.136. The molecule has 0 saturated heterocycles. The van der Waals surface area contributed by atoms with Gasteiger partial charge < -0.3 is 9.47 Å². The van der Waals surface area contributed by atoms with Gasteiger partial charge in [0.05, 0.1) is 5.56 Å². The van der Waals surface area contributed by atoms with Gasteiger partial charge >= 0.3 is 0 Å². The molecule has 0 atom stereocenters. The Bertz CT molecular complexity index is 891. The van der Waals surface area contributed by atoms with Gasteiger partial charge in [-0.3, -0.25) is 4.79 Å². The zero-order chi connectivity index (χ0) is 18.4. The zero-order valence-corrected chi connectivity index (χ0v) is 14.4. The molecule has 0 amide bonds. The molecule has 0 radical (unpaired) electrons. The first-order valence-electron chi connectivity index (χ1n) is 8.31. The summed E-state index contributed by atoms with van der Waals surface area (Å²) >= 11 is 0. The molecule has 0 spiro atoms. The Morgan fingerprint density at radius 2 is 1.46 bits per heavy atom. The standard InChI is InChI=1S/C22H19FO3/c1-16(24)21-11-10-20(13-22(21)23)26-15-18-8-5-9-19(12-18)25-14-17-6-3-2-4-7-17/h2-13H,14-15H2,1H3. The number of halogens is 1. The maximum absolute atomic E-state index is 13.8. The van der Waals surface area contributed by atoms with Crippen molar-refractivity contribution in [1.29, 1.82) is 0 Å². The molecule has 0 aliphatic heterocycles. The van der Waals surface area contributed by atoms with E-state index in [9.17, 15) is 9.18 Å². The van der Waals surface area contributed by atoms with Crippen LogP contribution in [0.1, 0.15) is 28.4 Å². The van der Waals surface area contributed by atoms with Gasteiger partial charge in [0.1, 0.15) is 30.5 Å². The SMILES string of the molecule is CC(=O)c1ccc(OCc2cccc(OCc3ccccc3)c2)cc1F. The Morgan fingerprint density at radius 3 is 2.15 bits per heavy atom. The summed E-state index contributed by atoms with van der Waals surface area (Å²) in [6, 6.07) is 21.8. The molecule has 3 aromatic carbocycles. The van der Waals surface area contributed by atoms with Crippen molar-refractivity contribution in [2.75, 3.05) is 0 Å². The van der Waals surface area contributed by atoms with E-state index >= 15 is 0 Å². The maximum Gasteiger partial charge on any atom is 0.162 e. The van der Waals surface area contributed by atoms with Crippen molar-refractivity contribution in [3.05, 3.63) is 95.3 Å². The van der Waals surface area contributed by atoms with Crippen LogP contribution in [-0.2, 0) is 13.2 Å². The molecule has 4 heteroatoms. The molecule has 3 rings (SSSR count). The third-order valence-electron chi connectivity index (χ3n) is 3.87. The smallest absolute Gasteiger partial charge is 0.162 e. The molecule has 0 N–H and O–H groups in total. The van der Waals surface area contributed by atoms with E-state index < -0.39 is 5.82 Å². The van der Waals surface area contributed by atoms with Crippen LogP contribution in [0.25, 0.3) is 0 Å². The molecular weight excluding hydrogens is 331 g/mol. The molecule has 0 aromatic heterocycles. The van der Waals surface area contributed by atoms with Crippen LogP contribution in [0, 0.1) is 5.82 Å². The predicted octanol–water partition coefficient (Wildman–Crippen LogP) is 5.19. The second-order valence-electron chi connectivity index (χ2n) is 5.91. The Kier molecular flexibility index (Phi) is 5.64. The van der Waals surface area contributed by atoms with Gasteiger partial charge in [0.2, 0.25) is 0 Å². The van der Waals surface area contributed by atoms with E-state index in [0.29, 0.717) is 12.4 Å². The lowest BCUT2D eigenvalue weighted by Crippen LogP contribution is -2.00. The molecule has 26 heavy (non-hydrogen) atoms. The van der Waals surface area contributed by atoms with Crippen LogP contribution in [0.4, 0.5) is 4.39 Å². The number of rotatable bonds is 7. The van der Waals surface area contributed by atoms with Crippen molar-refractivity contribution in [2.24, 2.45) is 0 Å². The van der Waals surface area contributed by atoms with Gasteiger partial charge in [-0.25, -0.2) is 4.39 Å². The minimum absolute atomic E-state index is 0.0636. The molecule has 0 fully saturated rings. The Morgan fingerprint density at radius 1 is 0.808 bits per heavy atom. The predicted molar refractivity (Wildman–Crippen MR) is 98.0 cm³/mol. The maximum atomic E-state index is 13.8. The van der Waals surface area contributed by atoms with Crippen LogP contribution in [0.5, 0.6) is 11.5 Å². The molecule has 132 valence electrons. The van der Waals surface area contributed by atoms with Crippen LogP contribution in [-0.4, -0.2) is 5.78 Å². The molecule has 3 aromatic rings. The average Bonchev–Trinajstić information content (AvgIpc) is 2.66. The quantitative estimate of drug-likeness (QED) is 0.550. The highest BCUT2D eigenvalue weighted by atomic mass is 19.1. The lowest BCUT2D eigenvalue weighted by atomic mass is 10.1. The minimum Gasteiger partial charge on any atom is -0.489 e. The topological polar surface area (TPSA) is 35.5 Å². The highest BCUT2D eigenvalue weighted by molar-refractivity contribution is 5.94. The summed E-state index contributed by atoms with van der Waals surface area (Å²) in [5, 5.41) is 0. The molecular formula is C22H19FO3. The number of Topliss-reactive ketones (excluding diaryl/α,β-unsaturated/α-hetero) is 1. The first kappa shape index (κ1) is 17.7. The van der Waals surface area contributed by atoms with Crippen LogP contribution in [0.3, 0.4) is 0 Å². The van der Waals surface area contributed by atoms with Gasteiger partial charge in [-0.1, -0.05) is 42.5 Å². The summed E-state index contributed by atoms with van der Waals surface area (Å²) in [4.78, 5) is 11.3. The number of carbonyl (C=O) groups is 1. The van der Waals surface area contributed by atoms with E-state index in [1.165, 1.54) is 19.1 Å². The highest BCUT2D eigenvalue weighted by Crippen LogP contribution is 2.20. The van der Waals surface area contributed by atoms with Crippen molar-refractivity contribution in [1.82, 2.24) is 0 Å². The summed E-state index contributed by atoms with van der Waals surface area (Å²) in [5.74, 6) is 0.239. The number of benzene rings is 3. The van der Waals surface area contributed by atoms with Gasteiger partial charge in [-0.15, -0.1) is 0 Å². The molecule has 0 saturated carbocycles. The third kappa shape index (κ3) is 4.70. The van der Waals surface area contributed by atoms with Crippen LogP contribution in [0.2, 0.25) is 0 Å². The van der Waals surface area contributed by atoms with Crippen molar-refractivity contribution >= 4 is 5.78 Å². The van der Waals surface area contributed by atoms with Gasteiger partial charge in [0.15, 0.2) is 5.78 Å². The van der Waals surface area contributed by atoms with Crippen LogP contribution in [0.15, 0.2) is 72.8 Å². The zero-order valence-electron chi connectivity index (χ0n) is 14.4. The summed E-state index contributed by atoms with van der Waals surface area (Å²) < 4.78 is 25.2. The van der Waals surface area contributed by atoms with Gasteiger partial charge in [0.25, 0.3) is 0 Å². The largest absolute Gasteiger partial charge is 0.489 e. The first-order chi connectivity index (χ1) is 12.6. The fourth-order valence-corrected chi connectivity index (χ4v) is 2.50. The number of ether oxygens (including phenoxy) is 2. The lowest BCUT2D eigenvalue weighted by Gasteiger charge is -2.10. The highest BCUT2D eigenvalue weighted by Gasteiger charge is 2.08. The van der Waals surface area contributed by atoms with E-state index in [2.05, 4.69) is 0 Å². The summed E-state index contributed by atoms with van der Waals surface area (Å²) in [6.07, 6.45) is 0. The van der Waals surface area contributed by atoms with E-state index in [4.69, 9.17) is 9.47 Å². The number of hydrogen-bond acceptors (Lipinski definition) is 3. The monoisotopic (exact) mass is 350 g/mol. The van der Waals surface area contributed by atoms with Gasteiger partial charge in [-0.2, -0.15) is 0 Å². The molecule has 0 aliphatic rings. The number of ketones is 1. The molecule has 0 bridgehead atoms. The Labute approximate surface area is 152 Å². The minimum atomic E-state index is -0.574. The lowest BCUT2D eigenvalue weighted by molar-refractivity contribution is 0.101. The Hall–Kier alpha value is -3.14. The number of carbonyl (C=O) groups excluding carboxylic acids is 1. The molecule has 0 aliphatic carbocycles. The second-order valence-corrected chi connectivity index (χ2v) is 5.91. The van der Waals surface area contributed by atoms with E-state index in [1.807, 2.05) is 54.6 Å². The summed E-state index contributed by atoms with van der Waals surface area (Å²) in [5.41, 5.74) is 2.07. The first-order valence-corrected chi connectivity index (χ1v) is 8.31. The molecule has 0 heterocycles. The molecule has 3 nitrogen and oxygen atoms in total. The van der Waals surface area contributed by atoms with Crippen molar-refractivity contribution in [3.8, 4) is 11.5 Å². The average molecular weight is 350 g/mol. The van der Waals surface area contributed by atoms with E-state index in [1.54, 1.807) is 6.07 Å². The van der Waals surface area contributed by atoms with Gasteiger partial charge in [0, 0.05) is 6.07 Å². The molecule has 0 unspecified atom stereocenters. The third-order valence-corrected chi connectivity index (χ3v) is 3.87. The normalized spacial score (nSPS) is 10.4. The second kappa shape index (κ2) is 8.30.